The van der Waals surface area contributed by atoms with E-state index < -0.39 is 6.43 Å². The molecule has 3 nitrogen and oxygen atoms in total. The summed E-state index contributed by atoms with van der Waals surface area (Å²) in [6, 6.07) is 1.37. The number of rotatable bonds is 2. The van der Waals surface area contributed by atoms with Crippen molar-refractivity contribution >= 4 is 17.4 Å². The zero-order valence-corrected chi connectivity index (χ0v) is 9.34. The maximum Gasteiger partial charge on any atom is 0.265 e. The predicted molar refractivity (Wildman–Crippen MR) is 59.3 cm³/mol. The van der Waals surface area contributed by atoms with Gasteiger partial charge < -0.3 is 10.2 Å². The van der Waals surface area contributed by atoms with Crippen molar-refractivity contribution in [3.8, 4) is 0 Å². The smallest absolute Gasteiger partial charge is 0.265 e. The zero-order chi connectivity index (χ0) is 11.5. The molecule has 6 heteroatoms. The maximum absolute atomic E-state index is 12.6. The molecule has 0 aromatic carbocycles. The first-order chi connectivity index (χ1) is 7.68. The summed E-state index contributed by atoms with van der Waals surface area (Å²) in [5.74, 6) is 0.571. The van der Waals surface area contributed by atoms with Crippen molar-refractivity contribution in [2.24, 2.45) is 0 Å². The molecule has 1 saturated heterocycles. The molecule has 1 aliphatic heterocycles. The molecule has 2 rings (SSSR count). The predicted octanol–water partition coefficient (Wildman–Crippen LogP) is 2.08. The van der Waals surface area contributed by atoms with Crippen LogP contribution in [0.2, 0.25) is 5.02 Å². The van der Waals surface area contributed by atoms with Crippen molar-refractivity contribution < 1.29 is 8.78 Å². The molecule has 0 bridgehead atoms. The summed E-state index contributed by atoms with van der Waals surface area (Å²) in [4.78, 5) is 6.05. The average molecular weight is 248 g/mol. The zero-order valence-electron chi connectivity index (χ0n) is 8.59. The van der Waals surface area contributed by atoms with Gasteiger partial charge in [0.05, 0.1) is 5.02 Å². The molecule has 0 amide bonds. The van der Waals surface area contributed by atoms with Gasteiger partial charge in [-0.1, -0.05) is 11.6 Å². The van der Waals surface area contributed by atoms with Crippen molar-refractivity contribution in [3.63, 3.8) is 0 Å². The minimum atomic E-state index is -2.56. The quantitative estimate of drug-likeness (QED) is 0.867. The molecule has 88 valence electrons. The van der Waals surface area contributed by atoms with E-state index in [0.29, 0.717) is 5.82 Å². The molecule has 0 spiro atoms. The molecule has 0 atom stereocenters. The summed E-state index contributed by atoms with van der Waals surface area (Å²) >= 11 is 5.66. The van der Waals surface area contributed by atoms with Crippen LogP contribution >= 0.6 is 11.6 Å². The first-order valence-corrected chi connectivity index (χ1v) is 5.45. The fourth-order valence-electron chi connectivity index (χ4n) is 1.68. The maximum atomic E-state index is 12.6. The normalized spacial score (nSPS) is 16.9. The molecule has 16 heavy (non-hydrogen) atoms. The second kappa shape index (κ2) is 4.93. The Labute approximate surface area is 97.4 Å². The van der Waals surface area contributed by atoms with Crippen LogP contribution in [0.5, 0.6) is 0 Å². The molecule has 1 fully saturated rings. The van der Waals surface area contributed by atoms with Crippen LogP contribution in [0.3, 0.4) is 0 Å². The summed E-state index contributed by atoms with van der Waals surface area (Å²) in [5.41, 5.74) is -0.148. The molecule has 1 aromatic heterocycles. The van der Waals surface area contributed by atoms with E-state index in [1.165, 1.54) is 12.3 Å². The van der Waals surface area contributed by atoms with Crippen LogP contribution in [0, 0.1) is 0 Å². The first kappa shape index (κ1) is 11.5. The number of alkyl halides is 2. The molecule has 1 aliphatic rings. The van der Waals surface area contributed by atoms with E-state index in [9.17, 15) is 8.78 Å². The number of piperazine rings is 1. The number of halogens is 3. The van der Waals surface area contributed by atoms with Gasteiger partial charge in [-0.15, -0.1) is 0 Å². The summed E-state index contributed by atoms with van der Waals surface area (Å²) in [6.45, 7) is 3.23. The molecule has 1 aromatic rings. The summed E-state index contributed by atoms with van der Waals surface area (Å²) < 4.78 is 25.3. The monoisotopic (exact) mass is 247 g/mol. The van der Waals surface area contributed by atoms with Crippen LogP contribution < -0.4 is 10.2 Å². The van der Waals surface area contributed by atoms with E-state index in [-0.39, 0.29) is 10.6 Å². The molecular formula is C10H12ClF2N3. The van der Waals surface area contributed by atoms with Gasteiger partial charge in [0, 0.05) is 37.9 Å². The van der Waals surface area contributed by atoms with Crippen molar-refractivity contribution in [1.29, 1.82) is 0 Å². The van der Waals surface area contributed by atoms with Gasteiger partial charge in [0.1, 0.15) is 5.82 Å². The second-order valence-electron chi connectivity index (χ2n) is 3.60. The Morgan fingerprint density at radius 1 is 1.38 bits per heavy atom. The third kappa shape index (κ3) is 2.41. The fraction of sp³-hybridized carbons (Fsp3) is 0.500. The molecular weight excluding hydrogens is 236 g/mol. The third-order valence-corrected chi connectivity index (χ3v) is 2.86. The van der Waals surface area contributed by atoms with Crippen LogP contribution in [0.15, 0.2) is 12.3 Å². The van der Waals surface area contributed by atoms with Crippen LogP contribution in [0.4, 0.5) is 14.6 Å². The highest BCUT2D eigenvalue weighted by Gasteiger charge is 2.17. The minimum absolute atomic E-state index is 0.0221. The SMILES string of the molecule is FC(F)c1cc(N2CCNCC2)ncc1Cl. The lowest BCUT2D eigenvalue weighted by atomic mass is 10.2. The minimum Gasteiger partial charge on any atom is -0.354 e. The Kier molecular flexibility index (Phi) is 3.56. The van der Waals surface area contributed by atoms with Crippen molar-refractivity contribution in [1.82, 2.24) is 10.3 Å². The summed E-state index contributed by atoms with van der Waals surface area (Å²) in [6.07, 6.45) is -1.27. The van der Waals surface area contributed by atoms with Gasteiger partial charge >= 0.3 is 0 Å². The Morgan fingerprint density at radius 3 is 2.69 bits per heavy atom. The van der Waals surface area contributed by atoms with Gasteiger partial charge in [0.15, 0.2) is 0 Å². The van der Waals surface area contributed by atoms with Crippen LogP contribution in [0.1, 0.15) is 12.0 Å². The van der Waals surface area contributed by atoms with E-state index in [1.54, 1.807) is 0 Å². The Morgan fingerprint density at radius 2 is 2.06 bits per heavy atom. The molecule has 0 saturated carbocycles. The molecule has 0 aliphatic carbocycles. The van der Waals surface area contributed by atoms with Crippen LogP contribution in [-0.2, 0) is 0 Å². The Hall–Kier alpha value is -0.940. The highest BCUT2D eigenvalue weighted by Crippen LogP contribution is 2.29. The molecule has 1 N–H and O–H groups in total. The van der Waals surface area contributed by atoms with Gasteiger partial charge in [-0.05, 0) is 6.07 Å². The van der Waals surface area contributed by atoms with E-state index in [2.05, 4.69) is 10.3 Å². The van der Waals surface area contributed by atoms with Gasteiger partial charge in [0.25, 0.3) is 6.43 Å². The van der Waals surface area contributed by atoms with Gasteiger partial charge in [-0.25, -0.2) is 13.8 Å². The number of anilines is 1. The fourth-order valence-corrected chi connectivity index (χ4v) is 1.86. The van der Waals surface area contributed by atoms with E-state index >= 15 is 0 Å². The topological polar surface area (TPSA) is 28.2 Å². The lowest BCUT2D eigenvalue weighted by Gasteiger charge is -2.28. The summed E-state index contributed by atoms with van der Waals surface area (Å²) in [7, 11) is 0. The lowest BCUT2D eigenvalue weighted by Crippen LogP contribution is -2.43. The van der Waals surface area contributed by atoms with Crippen LogP contribution in [-0.4, -0.2) is 31.2 Å². The molecule has 2 heterocycles. The third-order valence-electron chi connectivity index (χ3n) is 2.55. The number of hydrogen-bond acceptors (Lipinski definition) is 3. The van der Waals surface area contributed by atoms with Crippen LogP contribution in [0.25, 0.3) is 0 Å². The average Bonchev–Trinajstić information content (AvgIpc) is 2.30. The summed E-state index contributed by atoms with van der Waals surface area (Å²) in [5, 5.41) is 3.21. The number of hydrogen-bond donors (Lipinski definition) is 1. The number of nitrogens with one attached hydrogen (secondary N) is 1. The largest absolute Gasteiger partial charge is 0.354 e. The van der Waals surface area contributed by atoms with E-state index in [0.717, 1.165) is 26.2 Å². The van der Waals surface area contributed by atoms with Crippen molar-refractivity contribution in [3.05, 3.63) is 22.8 Å². The van der Waals surface area contributed by atoms with Gasteiger partial charge in [-0.3, -0.25) is 0 Å². The van der Waals surface area contributed by atoms with Gasteiger partial charge in [0.2, 0.25) is 0 Å². The lowest BCUT2D eigenvalue weighted by molar-refractivity contribution is 0.151. The second-order valence-corrected chi connectivity index (χ2v) is 4.01. The number of pyridine rings is 1. The Balaban J connectivity index is 2.24. The highest BCUT2D eigenvalue weighted by atomic mass is 35.5. The first-order valence-electron chi connectivity index (χ1n) is 5.08. The molecule has 0 radical (unpaired) electrons. The van der Waals surface area contributed by atoms with Crippen molar-refractivity contribution in [2.45, 2.75) is 6.43 Å². The van der Waals surface area contributed by atoms with Crippen molar-refractivity contribution in [2.75, 3.05) is 31.1 Å². The van der Waals surface area contributed by atoms with E-state index in [4.69, 9.17) is 11.6 Å². The number of aromatic nitrogens is 1. The van der Waals surface area contributed by atoms with Gasteiger partial charge in [-0.2, -0.15) is 0 Å². The number of nitrogens with zero attached hydrogens (tertiary/aromatic N) is 2. The molecule has 0 unspecified atom stereocenters. The standard InChI is InChI=1S/C10H12ClF2N3/c11-8-6-15-9(5-7(8)10(12)13)16-3-1-14-2-4-16/h5-6,10,14H,1-4H2. The highest BCUT2D eigenvalue weighted by molar-refractivity contribution is 6.31. The Bertz CT molecular complexity index is 367. The van der Waals surface area contributed by atoms with E-state index in [1.807, 2.05) is 4.90 Å².